The van der Waals surface area contributed by atoms with Gasteiger partial charge in [-0.1, -0.05) is 82.2 Å². The van der Waals surface area contributed by atoms with E-state index in [2.05, 4.69) is 61.5 Å². The van der Waals surface area contributed by atoms with Crippen LogP contribution in [0.25, 0.3) is 22.5 Å². The number of hydrogen-bond donors (Lipinski definition) is 0. The van der Waals surface area contributed by atoms with Crippen molar-refractivity contribution in [3.8, 4) is 28.2 Å². The summed E-state index contributed by atoms with van der Waals surface area (Å²) in [5.74, 6) is 3.07. The first kappa shape index (κ1) is 29.1. The summed E-state index contributed by atoms with van der Waals surface area (Å²) in [6.07, 6.45) is 13.9. The average Bonchev–Trinajstić information content (AvgIpc) is 3.36. The first-order chi connectivity index (χ1) is 17.8. The highest BCUT2D eigenvalue weighted by Crippen LogP contribution is 2.37. The fourth-order valence-electron chi connectivity index (χ4n) is 4.65. The van der Waals surface area contributed by atoms with E-state index in [0.717, 1.165) is 48.7 Å². The fourth-order valence-corrected chi connectivity index (χ4v) is 4.65. The third kappa shape index (κ3) is 10.4. The first-order valence-electron chi connectivity index (χ1n) is 13.2. The zero-order valence-corrected chi connectivity index (χ0v) is 22.3. The Balaban J connectivity index is 0.000000695. The molecule has 200 valence electrons. The second-order valence-corrected chi connectivity index (χ2v) is 10.1. The van der Waals surface area contributed by atoms with Gasteiger partial charge in [0.1, 0.15) is 5.75 Å². The van der Waals surface area contributed by atoms with E-state index in [4.69, 9.17) is 27.8 Å². The van der Waals surface area contributed by atoms with Gasteiger partial charge in [0.2, 0.25) is 0 Å². The lowest BCUT2D eigenvalue weighted by Crippen LogP contribution is -2.68. The predicted octanol–water partition coefficient (Wildman–Crippen LogP) is 4.15. The highest BCUT2D eigenvalue weighted by atomic mass is 35.7. The van der Waals surface area contributed by atoms with E-state index in [1.807, 2.05) is 6.07 Å². The van der Waals surface area contributed by atoms with Crippen molar-refractivity contribution in [3.05, 3.63) is 72.0 Å². The van der Waals surface area contributed by atoms with Crippen LogP contribution < -0.4 is 23.4 Å². The van der Waals surface area contributed by atoms with Crippen LogP contribution in [0, 0.1) is 10.2 Å². The van der Waals surface area contributed by atoms with Gasteiger partial charge < -0.3 is 4.74 Å². The molecule has 0 saturated carbocycles. The van der Waals surface area contributed by atoms with Crippen LogP contribution in [-0.4, -0.2) is 6.61 Å². The molecule has 1 aliphatic rings. The summed E-state index contributed by atoms with van der Waals surface area (Å²) in [4.78, 5) is 0. The number of fused-ring (bicyclic) bond motifs is 1. The normalized spacial score (nSPS) is 12.6. The van der Waals surface area contributed by atoms with Crippen molar-refractivity contribution in [2.24, 2.45) is 0 Å². The molecule has 2 aromatic carbocycles. The van der Waals surface area contributed by atoms with Gasteiger partial charge in [0, 0.05) is 5.56 Å². The van der Waals surface area contributed by atoms with Gasteiger partial charge >= 0.3 is 11.5 Å². The lowest BCUT2D eigenvalue weighted by molar-refractivity contribution is -2.00. The molecular formula is C30H37ClO6. The average molecular weight is 529 g/mol. The molecule has 0 radical (unpaired) electrons. The van der Waals surface area contributed by atoms with Gasteiger partial charge in [0.05, 0.1) is 30.2 Å². The molecule has 0 fully saturated rings. The van der Waals surface area contributed by atoms with Gasteiger partial charge in [0.25, 0.3) is 0 Å². The van der Waals surface area contributed by atoms with Crippen LogP contribution in [0.5, 0.6) is 5.75 Å². The highest BCUT2D eigenvalue weighted by Gasteiger charge is 2.29. The number of halogens is 1. The molecule has 3 aromatic rings. The summed E-state index contributed by atoms with van der Waals surface area (Å²) in [5.41, 5.74) is 5.05. The molecule has 6 nitrogen and oxygen atoms in total. The number of aryl methyl sites for hydroxylation is 1. The number of benzene rings is 2. The first-order valence-corrected chi connectivity index (χ1v) is 14.5. The summed E-state index contributed by atoms with van der Waals surface area (Å²) < 4.78 is 46.3. The Bertz CT molecular complexity index is 1060. The van der Waals surface area contributed by atoms with Gasteiger partial charge in [-0.25, -0.2) is 23.1 Å². The summed E-state index contributed by atoms with van der Waals surface area (Å²) in [6, 6.07) is 21.3. The van der Waals surface area contributed by atoms with Crippen LogP contribution >= 0.6 is 0 Å². The summed E-state index contributed by atoms with van der Waals surface area (Å²) >= 11 is 0. The van der Waals surface area contributed by atoms with Crippen LogP contribution in [0.4, 0.5) is 0 Å². The third-order valence-corrected chi connectivity index (χ3v) is 6.49. The molecule has 1 aliphatic carbocycles. The zero-order chi connectivity index (χ0) is 26.5. The fraction of sp³-hybridized carbons (Fsp3) is 0.433. The van der Waals surface area contributed by atoms with E-state index in [1.54, 1.807) is 0 Å². The molecule has 4 rings (SSSR count). The van der Waals surface area contributed by atoms with Crippen molar-refractivity contribution >= 4 is 0 Å². The molecule has 0 amide bonds. The van der Waals surface area contributed by atoms with Crippen molar-refractivity contribution < 1.29 is 38.0 Å². The maximum atomic E-state index is 8.49. The Morgan fingerprint density at radius 2 is 1.38 bits per heavy atom. The minimum atomic E-state index is -4.94. The van der Waals surface area contributed by atoms with Gasteiger partial charge in [-0.2, -0.15) is 0 Å². The number of ether oxygens (including phenoxy) is 1. The van der Waals surface area contributed by atoms with Crippen molar-refractivity contribution in [1.82, 2.24) is 0 Å². The van der Waals surface area contributed by atoms with Crippen LogP contribution in [0.1, 0.15) is 76.0 Å². The van der Waals surface area contributed by atoms with Gasteiger partial charge in [-0.05, 0) is 49.1 Å². The molecular weight excluding hydrogens is 492 g/mol. The Morgan fingerprint density at radius 3 is 2.03 bits per heavy atom. The van der Waals surface area contributed by atoms with Crippen LogP contribution in [0.3, 0.4) is 0 Å². The molecule has 1 heterocycles. The molecule has 37 heavy (non-hydrogen) atoms. The third-order valence-electron chi connectivity index (χ3n) is 6.49. The van der Waals surface area contributed by atoms with Crippen molar-refractivity contribution in [2.75, 3.05) is 6.61 Å². The minimum Gasteiger partial charge on any atom is -0.494 e. The Labute approximate surface area is 222 Å². The van der Waals surface area contributed by atoms with E-state index >= 15 is 0 Å². The summed E-state index contributed by atoms with van der Waals surface area (Å²) in [6.45, 7) is 3.08. The van der Waals surface area contributed by atoms with Gasteiger partial charge in [-0.3, -0.25) is 0 Å². The van der Waals surface area contributed by atoms with Gasteiger partial charge in [-0.15, -0.1) is 10.2 Å². The van der Waals surface area contributed by atoms with E-state index in [1.165, 1.54) is 68.1 Å². The zero-order valence-electron chi connectivity index (χ0n) is 21.6. The Morgan fingerprint density at radius 1 is 0.757 bits per heavy atom. The molecule has 1 aromatic heterocycles. The maximum Gasteiger partial charge on any atom is 0.360 e. The van der Waals surface area contributed by atoms with Crippen LogP contribution in [0.2, 0.25) is 0 Å². The van der Waals surface area contributed by atoms with Crippen molar-refractivity contribution in [2.45, 2.75) is 77.6 Å². The molecule has 7 heteroatoms. The molecule has 0 N–H and O–H groups in total. The monoisotopic (exact) mass is 528 g/mol. The smallest absolute Gasteiger partial charge is 0.360 e. The molecule has 0 bridgehead atoms. The predicted molar refractivity (Wildman–Crippen MR) is 134 cm³/mol. The molecule has 0 unspecified atom stereocenters. The molecule has 0 spiro atoms. The lowest BCUT2D eigenvalue weighted by Gasteiger charge is -2.17. The van der Waals surface area contributed by atoms with E-state index in [9.17, 15) is 0 Å². The Kier molecular flexibility index (Phi) is 11.8. The second kappa shape index (κ2) is 15.1. The number of hydrogen-bond acceptors (Lipinski definition) is 5. The Hall–Kier alpha value is -2.48. The number of unbranched alkanes of at least 4 members (excludes halogenated alkanes) is 7. The SMILES string of the molecule is CCCCCCCCCCOc1ccc(-c2cc(-c3ccccc3)[o+]c3c2CCC3)cc1.[O-][Cl+3]([O-])([O-])[O-]. The molecule has 0 atom stereocenters. The standard InChI is InChI=1S/C30H37O2.ClHO4/c1-2-3-4-5-6-7-8-12-22-31-26-20-18-24(19-21-26)28-23-30(25-14-10-9-11-15-25)32-29-17-13-16-27(28)29;2-1(3,4)5/h9-11,14-15,18-21,23H,2-8,12-13,16-17,22H2,1H3;(H,2,3,4,5)/q+1;/p-1. The lowest BCUT2D eigenvalue weighted by atomic mass is 9.98. The van der Waals surface area contributed by atoms with E-state index in [0.29, 0.717) is 0 Å². The van der Waals surface area contributed by atoms with E-state index in [-0.39, 0.29) is 0 Å². The quantitative estimate of drug-likeness (QED) is 0.258. The maximum absolute atomic E-state index is 8.49. The summed E-state index contributed by atoms with van der Waals surface area (Å²) in [5, 5.41) is 0. The topological polar surface area (TPSA) is 113 Å². The van der Waals surface area contributed by atoms with Gasteiger partial charge in [0.15, 0.2) is 0 Å². The molecule has 0 saturated heterocycles. The van der Waals surface area contributed by atoms with Crippen molar-refractivity contribution in [1.29, 1.82) is 0 Å². The minimum absolute atomic E-state index is 0.812. The molecule has 0 aliphatic heterocycles. The van der Waals surface area contributed by atoms with Crippen LogP contribution in [-0.2, 0) is 12.8 Å². The van der Waals surface area contributed by atoms with E-state index < -0.39 is 10.2 Å². The van der Waals surface area contributed by atoms with Crippen LogP contribution in [0.15, 0.2) is 65.1 Å². The number of rotatable bonds is 12. The van der Waals surface area contributed by atoms with Crippen molar-refractivity contribution in [3.63, 3.8) is 0 Å². The highest BCUT2D eigenvalue weighted by molar-refractivity contribution is 5.74. The second-order valence-electron chi connectivity index (χ2n) is 9.37. The largest absolute Gasteiger partial charge is 0.494 e. The summed E-state index contributed by atoms with van der Waals surface area (Å²) in [7, 11) is -4.94.